The van der Waals surface area contributed by atoms with Crippen LogP contribution in [0, 0.1) is 11.8 Å². The Labute approximate surface area is 126 Å². The lowest BCUT2D eigenvalue weighted by atomic mass is 9.98. The number of ether oxygens (including phenoxy) is 1. The zero-order valence-electron chi connectivity index (χ0n) is 12.9. The van der Waals surface area contributed by atoms with Crippen molar-refractivity contribution in [2.24, 2.45) is 11.8 Å². The third-order valence-electron chi connectivity index (χ3n) is 3.69. The molecule has 5 heteroatoms. The maximum atomic E-state index is 5.25. The Morgan fingerprint density at radius 2 is 2.20 bits per heavy atom. The summed E-state index contributed by atoms with van der Waals surface area (Å²) in [6, 6.07) is 0. The summed E-state index contributed by atoms with van der Waals surface area (Å²) in [6.45, 7) is 9.51. The Morgan fingerprint density at radius 3 is 2.85 bits per heavy atom. The van der Waals surface area contributed by atoms with Crippen LogP contribution in [0.2, 0.25) is 0 Å². The van der Waals surface area contributed by atoms with E-state index >= 15 is 0 Å². The number of piperidine rings is 1. The monoisotopic (exact) mass is 297 g/mol. The molecule has 0 amide bonds. The molecule has 1 N–H and O–H groups in total. The topological polar surface area (TPSA) is 37.4 Å². The molecule has 2 heterocycles. The van der Waals surface area contributed by atoms with E-state index in [4.69, 9.17) is 9.72 Å². The van der Waals surface area contributed by atoms with Gasteiger partial charge in [0.25, 0.3) is 0 Å². The van der Waals surface area contributed by atoms with Gasteiger partial charge in [-0.1, -0.05) is 13.8 Å². The molecule has 114 valence electrons. The number of hydrogen-bond acceptors (Lipinski definition) is 5. The number of rotatable bonds is 7. The van der Waals surface area contributed by atoms with Crippen molar-refractivity contribution < 1.29 is 4.74 Å². The first-order chi connectivity index (χ1) is 9.69. The maximum absolute atomic E-state index is 5.25. The van der Waals surface area contributed by atoms with Crippen LogP contribution in [0.5, 0.6) is 0 Å². The first kappa shape index (κ1) is 15.7. The SMILES string of the molecule is COCC1CCN(c2nc(CNCC(C)C)cs2)CC1. The van der Waals surface area contributed by atoms with Gasteiger partial charge in [-0.15, -0.1) is 11.3 Å². The molecule has 1 aromatic heterocycles. The molecule has 1 aromatic rings. The van der Waals surface area contributed by atoms with Gasteiger partial charge in [0.1, 0.15) is 0 Å². The average Bonchev–Trinajstić information content (AvgIpc) is 2.88. The van der Waals surface area contributed by atoms with Crippen molar-refractivity contribution in [3.8, 4) is 0 Å². The molecule has 0 spiro atoms. The van der Waals surface area contributed by atoms with Crippen LogP contribution in [0.25, 0.3) is 0 Å². The summed E-state index contributed by atoms with van der Waals surface area (Å²) < 4.78 is 5.25. The molecule has 0 aliphatic carbocycles. The lowest BCUT2D eigenvalue weighted by Gasteiger charge is -2.31. The zero-order valence-corrected chi connectivity index (χ0v) is 13.7. The quantitative estimate of drug-likeness (QED) is 0.840. The second-order valence-corrected chi connectivity index (χ2v) is 6.87. The van der Waals surface area contributed by atoms with Crippen LogP contribution in [0.1, 0.15) is 32.4 Å². The van der Waals surface area contributed by atoms with Gasteiger partial charge in [0.2, 0.25) is 0 Å². The van der Waals surface area contributed by atoms with Gasteiger partial charge in [-0.2, -0.15) is 0 Å². The van der Waals surface area contributed by atoms with Crippen molar-refractivity contribution in [3.63, 3.8) is 0 Å². The van der Waals surface area contributed by atoms with E-state index in [0.717, 1.165) is 38.7 Å². The van der Waals surface area contributed by atoms with E-state index in [2.05, 4.69) is 29.4 Å². The van der Waals surface area contributed by atoms with Gasteiger partial charge in [-0.25, -0.2) is 4.98 Å². The van der Waals surface area contributed by atoms with Gasteiger partial charge in [-0.3, -0.25) is 0 Å². The predicted molar refractivity (Wildman–Crippen MR) is 85.5 cm³/mol. The fourth-order valence-corrected chi connectivity index (χ4v) is 3.42. The molecule has 1 saturated heterocycles. The van der Waals surface area contributed by atoms with Crippen molar-refractivity contribution in [2.45, 2.75) is 33.2 Å². The van der Waals surface area contributed by atoms with Crippen molar-refractivity contribution in [1.29, 1.82) is 0 Å². The molecule has 0 saturated carbocycles. The Hall–Kier alpha value is -0.650. The number of methoxy groups -OCH3 is 1. The molecule has 0 aromatic carbocycles. The lowest BCUT2D eigenvalue weighted by Crippen LogP contribution is -2.35. The number of anilines is 1. The zero-order chi connectivity index (χ0) is 14.4. The third-order valence-corrected chi connectivity index (χ3v) is 4.64. The molecular formula is C15H27N3OS. The van der Waals surface area contributed by atoms with Gasteiger partial charge in [0.15, 0.2) is 5.13 Å². The summed E-state index contributed by atoms with van der Waals surface area (Å²) in [7, 11) is 1.80. The average molecular weight is 297 g/mol. The van der Waals surface area contributed by atoms with Gasteiger partial charge in [-0.05, 0) is 31.2 Å². The molecule has 1 fully saturated rings. The van der Waals surface area contributed by atoms with E-state index in [0.29, 0.717) is 5.92 Å². The predicted octanol–water partition coefficient (Wildman–Crippen LogP) is 2.75. The van der Waals surface area contributed by atoms with Crippen molar-refractivity contribution in [2.75, 3.05) is 38.3 Å². The molecule has 1 aliphatic heterocycles. The normalized spacial score (nSPS) is 17.1. The number of nitrogens with zero attached hydrogens (tertiary/aromatic N) is 2. The molecule has 1 aliphatic rings. The highest BCUT2D eigenvalue weighted by Gasteiger charge is 2.21. The van der Waals surface area contributed by atoms with E-state index in [1.807, 2.05) is 0 Å². The Kier molecular flexibility index (Phi) is 6.26. The van der Waals surface area contributed by atoms with Gasteiger partial charge in [0, 0.05) is 38.7 Å². The summed E-state index contributed by atoms with van der Waals surface area (Å²) in [5.41, 5.74) is 1.17. The van der Waals surface area contributed by atoms with Crippen LogP contribution in [-0.4, -0.2) is 38.3 Å². The highest BCUT2D eigenvalue weighted by Crippen LogP contribution is 2.26. The second kappa shape index (κ2) is 7.96. The minimum atomic E-state index is 0.688. The number of nitrogens with one attached hydrogen (secondary N) is 1. The number of aromatic nitrogens is 1. The van der Waals surface area contributed by atoms with Crippen LogP contribution >= 0.6 is 11.3 Å². The molecule has 0 atom stereocenters. The highest BCUT2D eigenvalue weighted by atomic mass is 32.1. The minimum absolute atomic E-state index is 0.688. The first-order valence-electron chi connectivity index (χ1n) is 7.58. The van der Waals surface area contributed by atoms with Crippen LogP contribution in [0.15, 0.2) is 5.38 Å². The molecule has 0 bridgehead atoms. The highest BCUT2D eigenvalue weighted by molar-refractivity contribution is 7.13. The third kappa shape index (κ3) is 4.72. The van der Waals surface area contributed by atoms with Gasteiger partial charge < -0.3 is 15.0 Å². The molecule has 20 heavy (non-hydrogen) atoms. The summed E-state index contributed by atoms with van der Waals surface area (Å²) in [5, 5.41) is 6.82. The Morgan fingerprint density at radius 1 is 1.45 bits per heavy atom. The Bertz CT molecular complexity index is 386. The first-order valence-corrected chi connectivity index (χ1v) is 8.46. The van der Waals surface area contributed by atoms with E-state index in [1.54, 1.807) is 18.4 Å². The lowest BCUT2D eigenvalue weighted by molar-refractivity contribution is 0.139. The van der Waals surface area contributed by atoms with Crippen LogP contribution in [-0.2, 0) is 11.3 Å². The van der Waals surface area contributed by atoms with Crippen molar-refractivity contribution in [1.82, 2.24) is 10.3 Å². The van der Waals surface area contributed by atoms with Crippen LogP contribution in [0.3, 0.4) is 0 Å². The minimum Gasteiger partial charge on any atom is -0.384 e. The van der Waals surface area contributed by atoms with E-state index in [-0.39, 0.29) is 0 Å². The Balaban J connectivity index is 1.78. The molecule has 2 rings (SSSR count). The second-order valence-electron chi connectivity index (χ2n) is 6.03. The fourth-order valence-electron chi connectivity index (χ4n) is 2.54. The molecule has 0 radical (unpaired) electrons. The largest absolute Gasteiger partial charge is 0.384 e. The van der Waals surface area contributed by atoms with E-state index < -0.39 is 0 Å². The number of thiazole rings is 1. The number of hydrogen-bond donors (Lipinski definition) is 1. The van der Waals surface area contributed by atoms with Crippen LogP contribution < -0.4 is 10.2 Å². The summed E-state index contributed by atoms with van der Waals surface area (Å²) >= 11 is 1.77. The summed E-state index contributed by atoms with van der Waals surface area (Å²) in [6.07, 6.45) is 2.43. The molecule has 0 unspecified atom stereocenters. The van der Waals surface area contributed by atoms with Crippen LogP contribution in [0.4, 0.5) is 5.13 Å². The van der Waals surface area contributed by atoms with Crippen molar-refractivity contribution >= 4 is 16.5 Å². The van der Waals surface area contributed by atoms with Gasteiger partial charge >= 0.3 is 0 Å². The smallest absolute Gasteiger partial charge is 0.185 e. The maximum Gasteiger partial charge on any atom is 0.185 e. The summed E-state index contributed by atoms with van der Waals surface area (Å²) in [5.74, 6) is 1.41. The fraction of sp³-hybridized carbons (Fsp3) is 0.800. The standard InChI is InChI=1S/C15H27N3OS/c1-12(2)8-16-9-14-11-20-15(17-14)18-6-4-13(5-7-18)10-19-3/h11-13,16H,4-10H2,1-3H3. The van der Waals surface area contributed by atoms with E-state index in [1.165, 1.54) is 23.7 Å². The van der Waals surface area contributed by atoms with Crippen molar-refractivity contribution in [3.05, 3.63) is 11.1 Å². The van der Waals surface area contributed by atoms with Gasteiger partial charge in [0.05, 0.1) is 5.69 Å². The summed E-state index contributed by atoms with van der Waals surface area (Å²) in [4.78, 5) is 7.17. The molecular weight excluding hydrogens is 270 g/mol. The molecule has 4 nitrogen and oxygen atoms in total. The van der Waals surface area contributed by atoms with E-state index in [9.17, 15) is 0 Å².